The van der Waals surface area contributed by atoms with Crippen LogP contribution >= 0.6 is 0 Å². The summed E-state index contributed by atoms with van der Waals surface area (Å²) in [5, 5.41) is 0. The van der Waals surface area contributed by atoms with E-state index in [9.17, 15) is 9.59 Å². The maximum Gasteiger partial charge on any atom is 0.338 e. The van der Waals surface area contributed by atoms with Crippen molar-refractivity contribution in [1.82, 2.24) is 0 Å². The van der Waals surface area contributed by atoms with Crippen LogP contribution in [-0.2, 0) is 9.47 Å². The van der Waals surface area contributed by atoms with E-state index in [1.54, 1.807) is 24.3 Å². The van der Waals surface area contributed by atoms with Crippen LogP contribution in [-0.4, -0.2) is 24.6 Å². The molecule has 0 spiro atoms. The Morgan fingerprint density at radius 1 is 0.600 bits per heavy atom. The monoisotopic (exact) mass is 488 g/mol. The second-order valence-corrected chi connectivity index (χ2v) is 10.0. The normalized spacial score (nSPS) is 11.9. The van der Waals surface area contributed by atoms with Gasteiger partial charge in [0, 0.05) is 0 Å². The molecule has 0 heterocycles. The van der Waals surface area contributed by atoms with Crippen LogP contribution in [0, 0.1) is 0 Å². The first-order valence-electron chi connectivity index (χ1n) is 14.6. The van der Waals surface area contributed by atoms with Crippen molar-refractivity contribution in [3.8, 4) is 0 Å². The zero-order valence-corrected chi connectivity index (χ0v) is 23.0. The van der Waals surface area contributed by atoms with Gasteiger partial charge in [-0.25, -0.2) is 9.59 Å². The molecule has 4 heteroatoms. The fourth-order valence-corrected chi connectivity index (χ4v) is 4.28. The summed E-state index contributed by atoms with van der Waals surface area (Å²) in [6.07, 6.45) is 22.4. The van der Waals surface area contributed by atoms with Gasteiger partial charge in [0.2, 0.25) is 0 Å². The number of esters is 2. The van der Waals surface area contributed by atoms with Gasteiger partial charge in [0.1, 0.15) is 0 Å². The van der Waals surface area contributed by atoms with Crippen LogP contribution < -0.4 is 0 Å². The Balaban J connectivity index is 2.05. The Morgan fingerprint density at radius 2 is 1.00 bits per heavy atom. The first-order valence-corrected chi connectivity index (χ1v) is 14.6. The zero-order chi connectivity index (χ0) is 25.6. The molecule has 0 saturated heterocycles. The summed E-state index contributed by atoms with van der Waals surface area (Å²) in [6, 6.07) is 6.58. The van der Waals surface area contributed by atoms with Crippen molar-refractivity contribution in [2.24, 2.45) is 0 Å². The highest BCUT2D eigenvalue weighted by molar-refractivity contribution is 5.93. The van der Waals surface area contributed by atoms with E-state index in [1.165, 1.54) is 77.0 Å². The van der Waals surface area contributed by atoms with E-state index in [1.807, 2.05) is 6.92 Å². The molecule has 1 aromatic carbocycles. The van der Waals surface area contributed by atoms with Gasteiger partial charge in [0.15, 0.2) is 0 Å². The van der Waals surface area contributed by atoms with Crippen LogP contribution in [0.5, 0.6) is 0 Å². The second kappa shape index (κ2) is 21.4. The molecular weight excluding hydrogens is 436 g/mol. The lowest BCUT2D eigenvalue weighted by molar-refractivity contribution is 0.0318. The van der Waals surface area contributed by atoms with Gasteiger partial charge in [-0.3, -0.25) is 0 Å². The molecule has 0 radical (unpaired) electrons. The Hall–Kier alpha value is -1.84. The Labute approximate surface area is 215 Å². The van der Waals surface area contributed by atoms with E-state index in [2.05, 4.69) is 13.8 Å². The average Bonchev–Trinajstić information content (AvgIpc) is 2.86. The molecule has 35 heavy (non-hydrogen) atoms. The van der Waals surface area contributed by atoms with Gasteiger partial charge in [-0.2, -0.15) is 0 Å². The highest BCUT2D eigenvalue weighted by atomic mass is 16.5. The van der Waals surface area contributed by atoms with Crippen LogP contribution in [0.25, 0.3) is 0 Å². The molecule has 0 saturated carbocycles. The third-order valence-corrected chi connectivity index (χ3v) is 6.61. The molecule has 4 nitrogen and oxygen atoms in total. The van der Waals surface area contributed by atoms with Crippen molar-refractivity contribution in [3.63, 3.8) is 0 Å². The lowest BCUT2D eigenvalue weighted by Crippen LogP contribution is -2.15. The molecule has 0 amide bonds. The third kappa shape index (κ3) is 16.5. The minimum atomic E-state index is -0.337. The first-order chi connectivity index (χ1) is 17.1. The molecule has 0 bridgehead atoms. The SMILES string of the molecule is CCCCCCCCCCCCCCCCOC(=O)c1ccc(C(=O)OC(C)CCCCC)cc1. The highest BCUT2D eigenvalue weighted by Gasteiger charge is 2.13. The minimum absolute atomic E-state index is 0.0937. The van der Waals surface area contributed by atoms with Crippen molar-refractivity contribution in [2.45, 2.75) is 142 Å². The molecule has 0 fully saturated rings. The van der Waals surface area contributed by atoms with Crippen LogP contribution in [0.1, 0.15) is 157 Å². The van der Waals surface area contributed by atoms with Crippen molar-refractivity contribution in [2.75, 3.05) is 6.61 Å². The number of benzene rings is 1. The summed E-state index contributed by atoms with van der Waals surface area (Å²) in [5.74, 6) is -0.663. The largest absolute Gasteiger partial charge is 0.462 e. The number of hydrogen-bond donors (Lipinski definition) is 0. The van der Waals surface area contributed by atoms with E-state index < -0.39 is 0 Å². The van der Waals surface area contributed by atoms with Crippen LogP contribution in [0.3, 0.4) is 0 Å². The van der Waals surface area contributed by atoms with Crippen LogP contribution in [0.15, 0.2) is 24.3 Å². The number of carbonyl (C=O) groups is 2. The Morgan fingerprint density at radius 3 is 1.49 bits per heavy atom. The van der Waals surface area contributed by atoms with Crippen molar-refractivity contribution >= 4 is 11.9 Å². The van der Waals surface area contributed by atoms with Crippen LogP contribution in [0.4, 0.5) is 0 Å². The molecule has 0 aliphatic rings. The third-order valence-electron chi connectivity index (χ3n) is 6.61. The van der Waals surface area contributed by atoms with E-state index >= 15 is 0 Å². The molecule has 1 atom stereocenters. The summed E-state index contributed by atoms with van der Waals surface area (Å²) in [6.45, 7) is 6.81. The predicted octanol–water partition coefficient (Wildman–Crippen LogP) is 9.45. The molecule has 1 aromatic rings. The lowest BCUT2D eigenvalue weighted by atomic mass is 10.0. The van der Waals surface area contributed by atoms with E-state index in [0.29, 0.717) is 17.7 Å². The summed E-state index contributed by atoms with van der Waals surface area (Å²) >= 11 is 0. The number of carbonyl (C=O) groups excluding carboxylic acids is 2. The summed E-state index contributed by atoms with van der Waals surface area (Å²) < 4.78 is 10.9. The maximum absolute atomic E-state index is 12.3. The molecule has 200 valence electrons. The summed E-state index contributed by atoms with van der Waals surface area (Å²) in [5.41, 5.74) is 0.943. The van der Waals surface area contributed by atoms with Gasteiger partial charge in [0.25, 0.3) is 0 Å². The Bertz CT molecular complexity index is 652. The fraction of sp³-hybridized carbons (Fsp3) is 0.742. The van der Waals surface area contributed by atoms with Crippen molar-refractivity contribution < 1.29 is 19.1 Å². The maximum atomic E-state index is 12.3. The predicted molar refractivity (Wildman–Crippen MR) is 146 cm³/mol. The minimum Gasteiger partial charge on any atom is -0.462 e. The second-order valence-electron chi connectivity index (χ2n) is 10.0. The van der Waals surface area contributed by atoms with Gasteiger partial charge < -0.3 is 9.47 Å². The Kier molecular flexibility index (Phi) is 19.1. The van der Waals surface area contributed by atoms with E-state index in [0.717, 1.165) is 38.5 Å². The first kappa shape index (κ1) is 31.2. The number of unbranched alkanes of at least 4 members (excludes halogenated alkanes) is 15. The number of ether oxygens (including phenoxy) is 2. The molecule has 1 unspecified atom stereocenters. The lowest BCUT2D eigenvalue weighted by Gasteiger charge is -2.13. The van der Waals surface area contributed by atoms with E-state index in [-0.39, 0.29) is 18.0 Å². The standard InChI is InChI=1S/C31H52O4/c1-4-6-8-9-10-11-12-13-14-15-16-17-18-20-26-34-30(32)28-22-24-29(25-23-28)31(33)35-27(3)21-19-7-5-2/h22-25,27H,4-21,26H2,1-3H3. The van der Waals surface area contributed by atoms with Gasteiger partial charge in [-0.15, -0.1) is 0 Å². The number of rotatable bonds is 22. The molecule has 0 aliphatic carbocycles. The summed E-state index contributed by atoms with van der Waals surface area (Å²) in [7, 11) is 0. The molecule has 0 N–H and O–H groups in total. The van der Waals surface area contributed by atoms with Crippen molar-refractivity contribution in [3.05, 3.63) is 35.4 Å². The molecule has 1 rings (SSSR count). The van der Waals surface area contributed by atoms with Gasteiger partial charge in [-0.05, 0) is 50.5 Å². The average molecular weight is 489 g/mol. The van der Waals surface area contributed by atoms with Gasteiger partial charge >= 0.3 is 11.9 Å². The highest BCUT2D eigenvalue weighted by Crippen LogP contribution is 2.14. The zero-order valence-electron chi connectivity index (χ0n) is 23.0. The van der Waals surface area contributed by atoms with Gasteiger partial charge in [-0.1, -0.05) is 110 Å². The van der Waals surface area contributed by atoms with Gasteiger partial charge in [0.05, 0.1) is 23.8 Å². The van der Waals surface area contributed by atoms with Crippen molar-refractivity contribution in [1.29, 1.82) is 0 Å². The van der Waals surface area contributed by atoms with Crippen LogP contribution in [0.2, 0.25) is 0 Å². The summed E-state index contributed by atoms with van der Waals surface area (Å²) in [4.78, 5) is 24.5. The number of hydrogen-bond acceptors (Lipinski definition) is 4. The fourth-order valence-electron chi connectivity index (χ4n) is 4.28. The topological polar surface area (TPSA) is 52.6 Å². The van der Waals surface area contributed by atoms with E-state index in [4.69, 9.17) is 9.47 Å². The molecule has 0 aliphatic heterocycles. The molecular formula is C31H52O4. The smallest absolute Gasteiger partial charge is 0.338 e. The molecule has 0 aromatic heterocycles. The quantitative estimate of drug-likeness (QED) is 0.120.